The molecule has 3 N–H and O–H groups in total. The third-order valence-corrected chi connectivity index (χ3v) is 4.41. The lowest BCUT2D eigenvalue weighted by molar-refractivity contribution is -0.00535. The molecule has 1 atom stereocenters. The molecule has 3 aromatic rings. The van der Waals surface area contributed by atoms with Gasteiger partial charge < -0.3 is 15.6 Å². The number of anilines is 1. The summed E-state index contributed by atoms with van der Waals surface area (Å²) in [5.41, 5.74) is 8.29. The van der Waals surface area contributed by atoms with Crippen LogP contribution in [0.2, 0.25) is 5.02 Å². The van der Waals surface area contributed by atoms with E-state index < -0.39 is 0 Å². The Bertz CT molecular complexity index is 898. The number of hydrogen-bond donors (Lipinski definition) is 2. The Kier molecular flexibility index (Phi) is 5.98. The van der Waals surface area contributed by atoms with Gasteiger partial charge in [-0.1, -0.05) is 23.7 Å². The van der Waals surface area contributed by atoms with Crippen LogP contribution >= 0.6 is 11.6 Å². The molecular formula is C19H21ClN4O2. The fraction of sp³-hybridized carbons (Fsp3) is 0.316. The number of pyridine rings is 1. The number of aromatic nitrogens is 3. The van der Waals surface area contributed by atoms with Crippen molar-refractivity contribution in [3.63, 3.8) is 0 Å². The second-order valence-electron chi connectivity index (χ2n) is 6.19. The van der Waals surface area contributed by atoms with Gasteiger partial charge in [0.2, 0.25) is 5.95 Å². The van der Waals surface area contributed by atoms with Crippen LogP contribution in [0, 0.1) is 6.92 Å². The molecule has 6 nitrogen and oxygen atoms in total. The van der Waals surface area contributed by atoms with E-state index >= 15 is 0 Å². The summed E-state index contributed by atoms with van der Waals surface area (Å²) < 4.78 is 4.93. The van der Waals surface area contributed by atoms with Crippen molar-refractivity contribution in [1.29, 1.82) is 0 Å². The number of rotatable bonds is 1. The zero-order valence-corrected chi connectivity index (χ0v) is 15.3. The molecular weight excluding hydrogens is 352 g/mol. The molecule has 0 bridgehead atoms. The summed E-state index contributed by atoms with van der Waals surface area (Å²) in [7, 11) is 0. The first-order chi connectivity index (χ1) is 12.5. The number of aliphatic hydroxyl groups excluding tert-OH is 1. The highest BCUT2D eigenvalue weighted by molar-refractivity contribution is 6.33. The van der Waals surface area contributed by atoms with Crippen LogP contribution in [0.15, 0.2) is 36.8 Å². The number of nitrogens with two attached hydrogens (primary N) is 1. The van der Waals surface area contributed by atoms with Gasteiger partial charge in [0.1, 0.15) is 0 Å². The van der Waals surface area contributed by atoms with E-state index in [0.29, 0.717) is 17.3 Å². The smallest absolute Gasteiger partial charge is 0.220 e. The SMILES string of the molecule is Cc1cncc2ccc(-c3nc(N)ncc3Cl)cc12.OC1CCCOC1. The number of aryl methyl sites for hydroxylation is 1. The van der Waals surface area contributed by atoms with Crippen LogP contribution in [0.25, 0.3) is 22.0 Å². The number of halogens is 1. The summed E-state index contributed by atoms with van der Waals surface area (Å²) in [5, 5.41) is 11.5. The standard InChI is InChI=1S/C14H11ClN4.C5H10O2/c1-8-5-17-6-10-3-2-9(4-11(8)10)13-12(15)7-18-14(16)19-13;6-5-2-1-3-7-4-5/h2-7H,1H3,(H2,16,18,19);5-6H,1-4H2. The van der Waals surface area contributed by atoms with Crippen molar-refractivity contribution in [2.75, 3.05) is 18.9 Å². The van der Waals surface area contributed by atoms with Crippen molar-refractivity contribution in [2.24, 2.45) is 0 Å². The highest BCUT2D eigenvalue weighted by atomic mass is 35.5. The quantitative estimate of drug-likeness (QED) is 0.680. The van der Waals surface area contributed by atoms with E-state index in [0.717, 1.165) is 41.3 Å². The van der Waals surface area contributed by atoms with Gasteiger partial charge in [0.05, 0.1) is 29.6 Å². The molecule has 4 rings (SSSR count). The number of nitrogens with zero attached hydrogens (tertiary/aromatic N) is 3. The normalized spacial score (nSPS) is 16.8. The molecule has 26 heavy (non-hydrogen) atoms. The molecule has 0 aliphatic carbocycles. The molecule has 3 heterocycles. The summed E-state index contributed by atoms with van der Waals surface area (Å²) in [6.45, 7) is 3.39. The Hall–Kier alpha value is -2.28. The molecule has 0 saturated carbocycles. The number of fused-ring (bicyclic) bond motifs is 1. The summed E-state index contributed by atoms with van der Waals surface area (Å²) in [6.07, 6.45) is 6.93. The Morgan fingerprint density at radius 2 is 2.12 bits per heavy atom. The molecule has 1 unspecified atom stereocenters. The van der Waals surface area contributed by atoms with E-state index in [4.69, 9.17) is 27.2 Å². The average Bonchev–Trinajstić information content (AvgIpc) is 2.65. The van der Waals surface area contributed by atoms with Crippen LogP contribution in [-0.4, -0.2) is 39.4 Å². The van der Waals surface area contributed by atoms with Gasteiger partial charge in [0.15, 0.2) is 0 Å². The highest BCUT2D eigenvalue weighted by Gasteiger charge is 2.09. The Labute approximate surface area is 157 Å². The van der Waals surface area contributed by atoms with Gasteiger partial charge >= 0.3 is 0 Å². The lowest BCUT2D eigenvalue weighted by Gasteiger charge is -2.15. The van der Waals surface area contributed by atoms with E-state index in [1.54, 1.807) is 0 Å². The van der Waals surface area contributed by atoms with Gasteiger partial charge in [-0.3, -0.25) is 4.98 Å². The number of benzene rings is 1. The molecule has 0 amide bonds. The molecule has 136 valence electrons. The second-order valence-corrected chi connectivity index (χ2v) is 6.60. The molecule has 0 spiro atoms. The predicted octanol–water partition coefficient (Wildman–Crippen LogP) is 3.39. The molecule has 7 heteroatoms. The van der Waals surface area contributed by atoms with Gasteiger partial charge in [0, 0.05) is 30.0 Å². The largest absolute Gasteiger partial charge is 0.391 e. The lowest BCUT2D eigenvalue weighted by atomic mass is 10.0. The third kappa shape index (κ3) is 4.46. The molecule has 1 aliphatic rings. The van der Waals surface area contributed by atoms with Gasteiger partial charge in [0.25, 0.3) is 0 Å². The monoisotopic (exact) mass is 372 g/mol. The molecule has 1 saturated heterocycles. The first-order valence-corrected chi connectivity index (χ1v) is 8.81. The summed E-state index contributed by atoms with van der Waals surface area (Å²) in [5.74, 6) is 0.214. The van der Waals surface area contributed by atoms with Crippen molar-refractivity contribution in [1.82, 2.24) is 15.0 Å². The fourth-order valence-corrected chi connectivity index (χ4v) is 2.96. The molecule has 2 aromatic heterocycles. The fourth-order valence-electron chi connectivity index (χ4n) is 2.76. The number of hydrogen-bond acceptors (Lipinski definition) is 6. The number of aliphatic hydroxyl groups is 1. The molecule has 1 fully saturated rings. The minimum atomic E-state index is -0.186. The van der Waals surface area contributed by atoms with Gasteiger partial charge in [-0.05, 0) is 36.8 Å². The van der Waals surface area contributed by atoms with Crippen LogP contribution in [-0.2, 0) is 4.74 Å². The van der Waals surface area contributed by atoms with Gasteiger partial charge in [-0.15, -0.1) is 0 Å². The van der Waals surface area contributed by atoms with Crippen LogP contribution in [0.3, 0.4) is 0 Å². The van der Waals surface area contributed by atoms with E-state index in [-0.39, 0.29) is 12.1 Å². The minimum absolute atomic E-state index is 0.186. The predicted molar refractivity (Wildman–Crippen MR) is 103 cm³/mol. The Morgan fingerprint density at radius 1 is 1.27 bits per heavy atom. The first-order valence-electron chi connectivity index (χ1n) is 8.43. The first kappa shape index (κ1) is 18.5. The van der Waals surface area contributed by atoms with Crippen molar-refractivity contribution >= 4 is 28.3 Å². The van der Waals surface area contributed by atoms with Gasteiger partial charge in [-0.2, -0.15) is 0 Å². The van der Waals surface area contributed by atoms with Gasteiger partial charge in [-0.25, -0.2) is 9.97 Å². The molecule has 0 radical (unpaired) electrons. The maximum Gasteiger partial charge on any atom is 0.220 e. The highest BCUT2D eigenvalue weighted by Crippen LogP contribution is 2.29. The van der Waals surface area contributed by atoms with Crippen molar-refractivity contribution in [2.45, 2.75) is 25.9 Å². The molecule has 1 aliphatic heterocycles. The Balaban J connectivity index is 0.000000236. The zero-order chi connectivity index (χ0) is 18.5. The zero-order valence-electron chi connectivity index (χ0n) is 14.5. The number of nitrogen functional groups attached to an aromatic ring is 1. The maximum absolute atomic E-state index is 8.78. The van der Waals surface area contributed by atoms with Crippen molar-refractivity contribution < 1.29 is 9.84 Å². The van der Waals surface area contributed by atoms with E-state index in [1.807, 2.05) is 37.5 Å². The van der Waals surface area contributed by atoms with E-state index in [9.17, 15) is 0 Å². The molecule has 1 aromatic carbocycles. The minimum Gasteiger partial charge on any atom is -0.391 e. The third-order valence-electron chi connectivity index (χ3n) is 4.13. The van der Waals surface area contributed by atoms with Crippen LogP contribution < -0.4 is 5.73 Å². The van der Waals surface area contributed by atoms with Crippen molar-refractivity contribution in [3.05, 3.63) is 47.4 Å². The average molecular weight is 373 g/mol. The Morgan fingerprint density at radius 3 is 2.81 bits per heavy atom. The van der Waals surface area contributed by atoms with Crippen LogP contribution in [0.1, 0.15) is 18.4 Å². The lowest BCUT2D eigenvalue weighted by Crippen LogP contribution is -2.21. The van der Waals surface area contributed by atoms with Crippen LogP contribution in [0.4, 0.5) is 5.95 Å². The second kappa shape index (κ2) is 8.40. The topological polar surface area (TPSA) is 94.2 Å². The summed E-state index contributed by atoms with van der Waals surface area (Å²) >= 11 is 6.13. The maximum atomic E-state index is 8.78. The van der Waals surface area contributed by atoms with E-state index in [1.165, 1.54) is 6.20 Å². The summed E-state index contributed by atoms with van der Waals surface area (Å²) in [4.78, 5) is 12.2. The number of ether oxygens (including phenoxy) is 1. The van der Waals surface area contributed by atoms with Crippen molar-refractivity contribution in [3.8, 4) is 11.3 Å². The van der Waals surface area contributed by atoms with Crippen LogP contribution in [0.5, 0.6) is 0 Å². The summed E-state index contributed by atoms with van der Waals surface area (Å²) in [6, 6.07) is 6.00. The van der Waals surface area contributed by atoms with E-state index in [2.05, 4.69) is 15.0 Å².